The van der Waals surface area contributed by atoms with Crippen molar-refractivity contribution in [2.24, 2.45) is 4.99 Å². The van der Waals surface area contributed by atoms with Crippen molar-refractivity contribution in [3.05, 3.63) is 63.5 Å². The maximum atomic E-state index is 13.6. The maximum Gasteiger partial charge on any atom is 0.410 e. The Balaban J connectivity index is 1.88. The topological polar surface area (TPSA) is 103 Å². The van der Waals surface area contributed by atoms with Crippen LogP contribution in [0.25, 0.3) is 11.3 Å². The second kappa shape index (κ2) is 14.3. The number of carbonyl (C=O) groups is 2. The quantitative estimate of drug-likeness (QED) is 0.259. The minimum Gasteiger partial charge on any atom is -0.494 e. The SMILES string of the molecule is COc1cc(Cl)ccc1/N=c1/scc(-c2ccc(F)cc2)n1CCCN(CCOCC(=O)O)C(=O)OC(C)(C)C. The Morgan fingerprint density at radius 1 is 1.15 bits per heavy atom. The molecule has 0 atom stereocenters. The van der Waals surface area contributed by atoms with E-state index in [0.29, 0.717) is 40.8 Å². The van der Waals surface area contributed by atoms with E-state index in [4.69, 9.17) is 35.9 Å². The van der Waals surface area contributed by atoms with Crippen molar-refractivity contribution in [2.75, 3.05) is 33.4 Å². The van der Waals surface area contributed by atoms with Crippen LogP contribution in [0.1, 0.15) is 27.2 Å². The highest BCUT2D eigenvalue weighted by molar-refractivity contribution is 7.07. The molecule has 1 heterocycles. The lowest BCUT2D eigenvalue weighted by molar-refractivity contribution is -0.142. The Kier molecular flexibility index (Phi) is 11.1. The molecule has 0 saturated heterocycles. The molecule has 3 aromatic rings. The Hall–Kier alpha value is -3.41. The van der Waals surface area contributed by atoms with Gasteiger partial charge in [0.1, 0.15) is 29.5 Å². The number of amides is 1. The molecule has 216 valence electrons. The standard InChI is InChI=1S/C28H33ClFN3O6S/c1-28(2,3)39-27(36)32(14-15-38-17-25(34)35)12-5-13-33-23(19-6-9-21(30)10-7-19)18-40-26(33)31-22-11-8-20(29)16-24(22)37-4/h6-11,16,18H,5,12-15,17H2,1-4H3,(H,34,35)/b31-26+. The minimum absolute atomic E-state index is 0.0505. The van der Waals surface area contributed by atoms with Gasteiger partial charge in [-0.05, 0) is 69.2 Å². The molecule has 0 unspecified atom stereocenters. The first-order valence-electron chi connectivity index (χ1n) is 12.6. The molecule has 40 heavy (non-hydrogen) atoms. The number of halogens is 2. The third-order valence-corrected chi connectivity index (χ3v) is 6.59. The summed E-state index contributed by atoms with van der Waals surface area (Å²) in [5.74, 6) is -0.896. The number of carboxylic acid groups (broad SMARTS) is 1. The largest absolute Gasteiger partial charge is 0.494 e. The van der Waals surface area contributed by atoms with E-state index in [9.17, 15) is 14.0 Å². The lowest BCUT2D eigenvalue weighted by Gasteiger charge is -2.27. The van der Waals surface area contributed by atoms with Crippen molar-refractivity contribution < 1.29 is 33.3 Å². The fourth-order valence-electron chi connectivity index (χ4n) is 3.71. The first-order chi connectivity index (χ1) is 19.0. The van der Waals surface area contributed by atoms with E-state index in [0.717, 1.165) is 11.3 Å². The van der Waals surface area contributed by atoms with Gasteiger partial charge < -0.3 is 28.8 Å². The molecule has 0 aliphatic rings. The predicted molar refractivity (Wildman–Crippen MR) is 152 cm³/mol. The molecular weight excluding hydrogens is 561 g/mol. The molecule has 0 aliphatic heterocycles. The molecule has 1 amide bonds. The Bertz CT molecular complexity index is 1370. The normalized spacial score (nSPS) is 11.9. The molecule has 3 rings (SSSR count). The molecule has 0 fully saturated rings. The van der Waals surface area contributed by atoms with Gasteiger partial charge in [0.05, 0.1) is 19.4 Å². The number of carbonyl (C=O) groups excluding carboxylic acids is 1. The van der Waals surface area contributed by atoms with Crippen molar-refractivity contribution in [2.45, 2.75) is 39.3 Å². The van der Waals surface area contributed by atoms with Crippen LogP contribution in [0.5, 0.6) is 5.75 Å². The molecule has 0 radical (unpaired) electrons. The molecule has 1 N–H and O–H groups in total. The van der Waals surface area contributed by atoms with Crippen LogP contribution in [0, 0.1) is 5.82 Å². The van der Waals surface area contributed by atoms with Crippen LogP contribution in [0.2, 0.25) is 5.02 Å². The van der Waals surface area contributed by atoms with E-state index in [1.165, 1.54) is 28.4 Å². The summed E-state index contributed by atoms with van der Waals surface area (Å²) in [6.45, 7) is 5.89. The molecule has 1 aromatic heterocycles. The molecule has 0 saturated carbocycles. The van der Waals surface area contributed by atoms with E-state index < -0.39 is 24.3 Å². The highest BCUT2D eigenvalue weighted by Crippen LogP contribution is 2.30. The maximum absolute atomic E-state index is 13.6. The zero-order valence-corrected chi connectivity index (χ0v) is 24.4. The highest BCUT2D eigenvalue weighted by Gasteiger charge is 2.22. The number of thiazole rings is 1. The summed E-state index contributed by atoms with van der Waals surface area (Å²) in [5.41, 5.74) is 1.55. The minimum atomic E-state index is -1.08. The number of rotatable bonds is 12. The van der Waals surface area contributed by atoms with Crippen LogP contribution in [0.3, 0.4) is 0 Å². The second-order valence-corrected chi connectivity index (χ2v) is 11.0. The Morgan fingerprint density at radius 2 is 1.88 bits per heavy atom. The van der Waals surface area contributed by atoms with Gasteiger partial charge in [0.15, 0.2) is 4.80 Å². The van der Waals surface area contributed by atoms with Gasteiger partial charge in [-0.1, -0.05) is 11.6 Å². The first-order valence-corrected chi connectivity index (χ1v) is 13.8. The zero-order valence-electron chi connectivity index (χ0n) is 22.9. The summed E-state index contributed by atoms with van der Waals surface area (Å²) in [4.78, 5) is 30.6. The Labute approximate surface area is 241 Å². The number of hydrogen-bond acceptors (Lipinski definition) is 7. The van der Waals surface area contributed by atoms with Crippen LogP contribution in [0.4, 0.5) is 14.9 Å². The predicted octanol–water partition coefficient (Wildman–Crippen LogP) is 5.98. The van der Waals surface area contributed by atoms with Gasteiger partial charge >= 0.3 is 12.1 Å². The zero-order chi connectivity index (χ0) is 29.3. The first kappa shape index (κ1) is 31.1. The van der Waals surface area contributed by atoms with Crippen molar-refractivity contribution in [1.82, 2.24) is 9.47 Å². The van der Waals surface area contributed by atoms with Gasteiger partial charge in [-0.25, -0.2) is 19.0 Å². The molecule has 0 bridgehead atoms. The van der Waals surface area contributed by atoms with E-state index in [1.807, 2.05) is 9.95 Å². The summed E-state index contributed by atoms with van der Waals surface area (Å²) < 4.78 is 31.8. The van der Waals surface area contributed by atoms with Crippen LogP contribution in [-0.4, -0.2) is 65.7 Å². The van der Waals surface area contributed by atoms with E-state index in [1.54, 1.807) is 58.2 Å². The van der Waals surface area contributed by atoms with Gasteiger partial charge in [-0.15, -0.1) is 11.3 Å². The number of carboxylic acids is 1. The average Bonchev–Trinajstić information content (AvgIpc) is 3.27. The summed E-state index contributed by atoms with van der Waals surface area (Å²) >= 11 is 7.54. The number of aromatic nitrogens is 1. The van der Waals surface area contributed by atoms with Crippen LogP contribution >= 0.6 is 22.9 Å². The van der Waals surface area contributed by atoms with Crippen molar-refractivity contribution in [1.29, 1.82) is 0 Å². The lowest BCUT2D eigenvalue weighted by atomic mass is 10.1. The third kappa shape index (κ3) is 9.35. The molecule has 12 heteroatoms. The van der Waals surface area contributed by atoms with Crippen LogP contribution < -0.4 is 9.54 Å². The number of ether oxygens (including phenoxy) is 3. The molecular formula is C28H33ClFN3O6S. The van der Waals surface area contributed by atoms with E-state index >= 15 is 0 Å². The highest BCUT2D eigenvalue weighted by atomic mass is 35.5. The number of methoxy groups -OCH3 is 1. The van der Waals surface area contributed by atoms with Crippen molar-refractivity contribution in [3.63, 3.8) is 0 Å². The fraction of sp³-hybridized carbons (Fsp3) is 0.393. The van der Waals surface area contributed by atoms with E-state index in [-0.39, 0.29) is 19.0 Å². The summed E-state index contributed by atoms with van der Waals surface area (Å²) in [5, 5.41) is 11.3. The van der Waals surface area contributed by atoms with Gasteiger partial charge in [-0.2, -0.15) is 0 Å². The average molecular weight is 594 g/mol. The number of hydrogen-bond donors (Lipinski definition) is 1. The molecule has 2 aromatic carbocycles. The fourth-order valence-corrected chi connectivity index (χ4v) is 4.82. The Morgan fingerprint density at radius 3 is 2.52 bits per heavy atom. The van der Waals surface area contributed by atoms with Crippen molar-refractivity contribution in [3.8, 4) is 17.0 Å². The number of benzene rings is 2. The van der Waals surface area contributed by atoms with Gasteiger partial charge in [0, 0.05) is 36.1 Å². The van der Waals surface area contributed by atoms with Gasteiger partial charge in [0.2, 0.25) is 0 Å². The van der Waals surface area contributed by atoms with Gasteiger partial charge in [0.25, 0.3) is 0 Å². The summed E-state index contributed by atoms with van der Waals surface area (Å²) in [6, 6.07) is 11.4. The van der Waals surface area contributed by atoms with Crippen molar-refractivity contribution >= 4 is 40.7 Å². The van der Waals surface area contributed by atoms with E-state index in [2.05, 4.69) is 0 Å². The summed E-state index contributed by atoms with van der Waals surface area (Å²) in [6.07, 6.45) is 0.00456. The number of aliphatic carboxylic acids is 1. The van der Waals surface area contributed by atoms with Gasteiger partial charge in [-0.3, -0.25) is 0 Å². The number of nitrogens with zero attached hydrogens (tertiary/aromatic N) is 3. The lowest BCUT2D eigenvalue weighted by Crippen LogP contribution is -2.40. The molecule has 9 nitrogen and oxygen atoms in total. The van der Waals surface area contributed by atoms with Crippen LogP contribution in [0.15, 0.2) is 52.8 Å². The van der Waals surface area contributed by atoms with Crippen LogP contribution in [-0.2, 0) is 20.8 Å². The summed E-state index contributed by atoms with van der Waals surface area (Å²) in [7, 11) is 1.54. The second-order valence-electron chi connectivity index (χ2n) is 9.76. The molecule has 0 aliphatic carbocycles. The third-order valence-electron chi connectivity index (χ3n) is 5.49. The molecule has 0 spiro atoms. The smallest absolute Gasteiger partial charge is 0.410 e. The monoisotopic (exact) mass is 593 g/mol.